The Labute approximate surface area is 159 Å². The Morgan fingerprint density at radius 1 is 1.07 bits per heavy atom. The number of nitrogens with one attached hydrogen (secondary N) is 2. The number of aromatic nitrogens is 2. The van der Waals surface area contributed by atoms with E-state index in [1.54, 1.807) is 18.2 Å². The molecule has 7 nitrogen and oxygen atoms in total. The highest BCUT2D eigenvalue weighted by atomic mass is 19.3. The Hall–Kier alpha value is -3.49. The number of ether oxygens (including phenoxy) is 1. The molecule has 9 heteroatoms. The fourth-order valence-electron chi connectivity index (χ4n) is 2.84. The van der Waals surface area contributed by atoms with Crippen molar-refractivity contribution in [3.05, 3.63) is 59.4 Å². The van der Waals surface area contributed by atoms with Gasteiger partial charge in [-0.05, 0) is 56.3 Å². The molecule has 0 saturated heterocycles. The van der Waals surface area contributed by atoms with Crippen LogP contribution in [0.1, 0.15) is 33.5 Å². The quantitative estimate of drug-likeness (QED) is 0.658. The van der Waals surface area contributed by atoms with E-state index >= 15 is 0 Å². The number of halogens is 2. The van der Waals surface area contributed by atoms with Crippen molar-refractivity contribution in [3.63, 3.8) is 0 Å². The predicted molar refractivity (Wildman–Crippen MR) is 98.2 cm³/mol. The van der Waals surface area contributed by atoms with E-state index in [-0.39, 0.29) is 11.3 Å². The Morgan fingerprint density at radius 2 is 1.68 bits per heavy atom. The predicted octanol–water partition coefficient (Wildman–Crippen LogP) is 3.04. The fourth-order valence-corrected chi connectivity index (χ4v) is 2.84. The van der Waals surface area contributed by atoms with Crippen molar-refractivity contribution < 1.29 is 23.1 Å². The number of rotatable bonds is 5. The van der Waals surface area contributed by atoms with Crippen molar-refractivity contribution in [2.75, 3.05) is 0 Å². The van der Waals surface area contributed by atoms with Gasteiger partial charge in [0.1, 0.15) is 11.6 Å². The number of aryl methyl sites for hydroxylation is 2. The lowest BCUT2D eigenvalue weighted by atomic mass is 10.2. The minimum absolute atomic E-state index is 0.0642. The fraction of sp³-hybridized carbons (Fsp3) is 0.211. The molecular weight excluding hydrogens is 370 g/mol. The second kappa shape index (κ2) is 8.03. The van der Waals surface area contributed by atoms with E-state index in [0.29, 0.717) is 11.1 Å². The summed E-state index contributed by atoms with van der Waals surface area (Å²) in [5.41, 5.74) is 6.73. The molecule has 0 radical (unpaired) electrons. The number of imidazole rings is 1. The molecule has 0 spiro atoms. The molecule has 0 fully saturated rings. The van der Waals surface area contributed by atoms with Crippen LogP contribution in [0.25, 0.3) is 11.0 Å². The molecular formula is C19H18F2N4O3. The first-order valence-corrected chi connectivity index (χ1v) is 8.51. The molecule has 2 N–H and O–H groups in total. The summed E-state index contributed by atoms with van der Waals surface area (Å²) in [5, 5.41) is 0. The van der Waals surface area contributed by atoms with Crippen LogP contribution in [-0.2, 0) is 6.54 Å². The number of nitrogens with zero attached hydrogens (tertiary/aromatic N) is 2. The van der Waals surface area contributed by atoms with E-state index in [9.17, 15) is 18.4 Å². The summed E-state index contributed by atoms with van der Waals surface area (Å²) < 4.78 is 30.5. The Kier molecular flexibility index (Phi) is 5.53. The standard InChI is InChI=1S/C19H18F2N4O3/c1-3-25-11(2)22-15-10-13(6-9-16(15)25)18(27)24-23-17(26)12-4-7-14(8-5-12)28-19(20)21/h4-10,19H,3H2,1-2H3,(H,23,26)(H,24,27). The van der Waals surface area contributed by atoms with Crippen molar-refractivity contribution in [1.29, 1.82) is 0 Å². The van der Waals surface area contributed by atoms with Crippen LogP contribution in [-0.4, -0.2) is 28.0 Å². The number of hydrogen-bond acceptors (Lipinski definition) is 4. The number of amides is 2. The number of carbonyl (C=O) groups is 2. The summed E-state index contributed by atoms with van der Waals surface area (Å²) in [5.74, 6) is -0.311. The second-order valence-corrected chi connectivity index (χ2v) is 5.92. The van der Waals surface area contributed by atoms with Gasteiger partial charge in [-0.2, -0.15) is 8.78 Å². The average molecular weight is 388 g/mol. The zero-order valence-electron chi connectivity index (χ0n) is 15.2. The van der Waals surface area contributed by atoms with E-state index in [2.05, 4.69) is 20.6 Å². The van der Waals surface area contributed by atoms with Crippen LogP contribution >= 0.6 is 0 Å². The van der Waals surface area contributed by atoms with E-state index < -0.39 is 18.4 Å². The molecule has 1 heterocycles. The summed E-state index contributed by atoms with van der Waals surface area (Å²) in [6.07, 6.45) is 0. The van der Waals surface area contributed by atoms with Crippen molar-refractivity contribution in [1.82, 2.24) is 20.4 Å². The van der Waals surface area contributed by atoms with Crippen molar-refractivity contribution in [2.45, 2.75) is 27.0 Å². The topological polar surface area (TPSA) is 85.3 Å². The number of hydrogen-bond donors (Lipinski definition) is 2. The maximum atomic E-state index is 12.3. The first-order chi connectivity index (χ1) is 13.4. The van der Waals surface area contributed by atoms with E-state index in [4.69, 9.17) is 0 Å². The summed E-state index contributed by atoms with van der Waals surface area (Å²) in [4.78, 5) is 28.8. The highest BCUT2D eigenvalue weighted by molar-refractivity contribution is 6.00. The van der Waals surface area contributed by atoms with Crippen LogP contribution in [0.2, 0.25) is 0 Å². The van der Waals surface area contributed by atoms with Gasteiger partial charge < -0.3 is 9.30 Å². The smallest absolute Gasteiger partial charge is 0.387 e. The first kappa shape index (κ1) is 19.3. The lowest BCUT2D eigenvalue weighted by Crippen LogP contribution is -2.41. The Morgan fingerprint density at radius 3 is 2.29 bits per heavy atom. The van der Waals surface area contributed by atoms with Crippen LogP contribution in [0, 0.1) is 6.92 Å². The van der Waals surface area contributed by atoms with Crippen LogP contribution < -0.4 is 15.6 Å². The molecule has 146 valence electrons. The Bertz CT molecular complexity index is 1020. The third kappa shape index (κ3) is 4.08. The van der Waals surface area contributed by atoms with Gasteiger partial charge in [0, 0.05) is 17.7 Å². The lowest BCUT2D eigenvalue weighted by molar-refractivity contribution is -0.0498. The number of benzene rings is 2. The van der Waals surface area contributed by atoms with Gasteiger partial charge in [-0.1, -0.05) is 0 Å². The number of alkyl halides is 2. The summed E-state index contributed by atoms with van der Waals surface area (Å²) in [6.45, 7) is 1.73. The van der Waals surface area contributed by atoms with Crippen LogP contribution in [0.4, 0.5) is 8.78 Å². The maximum Gasteiger partial charge on any atom is 0.387 e. The zero-order chi connectivity index (χ0) is 20.3. The highest BCUT2D eigenvalue weighted by Gasteiger charge is 2.13. The van der Waals surface area contributed by atoms with Crippen molar-refractivity contribution >= 4 is 22.8 Å². The second-order valence-electron chi connectivity index (χ2n) is 5.92. The van der Waals surface area contributed by atoms with Crippen LogP contribution in [0.15, 0.2) is 42.5 Å². The molecule has 0 unspecified atom stereocenters. The van der Waals surface area contributed by atoms with E-state index in [0.717, 1.165) is 17.9 Å². The maximum absolute atomic E-state index is 12.3. The van der Waals surface area contributed by atoms with E-state index in [1.807, 2.05) is 18.4 Å². The first-order valence-electron chi connectivity index (χ1n) is 8.51. The van der Waals surface area contributed by atoms with Gasteiger partial charge in [0.2, 0.25) is 0 Å². The normalized spacial score (nSPS) is 10.9. The van der Waals surface area contributed by atoms with Gasteiger partial charge in [0.15, 0.2) is 0 Å². The lowest BCUT2D eigenvalue weighted by Gasteiger charge is -2.09. The molecule has 0 aliphatic heterocycles. The Balaban J connectivity index is 1.64. The van der Waals surface area contributed by atoms with Crippen LogP contribution in [0.5, 0.6) is 5.75 Å². The van der Waals surface area contributed by atoms with Gasteiger partial charge in [-0.25, -0.2) is 4.98 Å². The molecule has 1 aromatic heterocycles. The van der Waals surface area contributed by atoms with Crippen molar-refractivity contribution in [3.8, 4) is 5.75 Å². The van der Waals surface area contributed by atoms with Gasteiger partial charge in [-0.3, -0.25) is 20.4 Å². The van der Waals surface area contributed by atoms with Gasteiger partial charge in [0.05, 0.1) is 11.0 Å². The SMILES string of the molecule is CCn1c(C)nc2cc(C(=O)NNC(=O)c3ccc(OC(F)F)cc3)ccc21. The zero-order valence-corrected chi connectivity index (χ0v) is 15.2. The van der Waals surface area contributed by atoms with Crippen molar-refractivity contribution in [2.24, 2.45) is 0 Å². The molecule has 0 bridgehead atoms. The highest BCUT2D eigenvalue weighted by Crippen LogP contribution is 2.18. The summed E-state index contributed by atoms with van der Waals surface area (Å²) in [6, 6.07) is 10.2. The minimum Gasteiger partial charge on any atom is -0.435 e. The van der Waals surface area contributed by atoms with Gasteiger partial charge >= 0.3 is 6.61 Å². The van der Waals surface area contributed by atoms with E-state index in [1.165, 1.54) is 24.3 Å². The average Bonchev–Trinajstić information content (AvgIpc) is 2.99. The molecule has 0 saturated carbocycles. The molecule has 28 heavy (non-hydrogen) atoms. The molecule has 0 aliphatic carbocycles. The summed E-state index contributed by atoms with van der Waals surface area (Å²) in [7, 11) is 0. The van der Waals surface area contributed by atoms with Gasteiger partial charge in [0.25, 0.3) is 11.8 Å². The molecule has 3 rings (SSSR count). The number of hydrazine groups is 1. The monoisotopic (exact) mass is 388 g/mol. The number of carbonyl (C=O) groups excluding carboxylic acids is 2. The summed E-state index contributed by atoms with van der Waals surface area (Å²) >= 11 is 0. The largest absolute Gasteiger partial charge is 0.435 e. The molecule has 2 amide bonds. The third-order valence-electron chi connectivity index (χ3n) is 4.15. The molecule has 0 aliphatic rings. The minimum atomic E-state index is -2.94. The third-order valence-corrected chi connectivity index (χ3v) is 4.15. The molecule has 3 aromatic rings. The number of fused-ring (bicyclic) bond motifs is 1. The van der Waals surface area contributed by atoms with Crippen LogP contribution in [0.3, 0.4) is 0 Å². The molecule has 2 aromatic carbocycles. The molecule has 0 atom stereocenters. The van der Waals surface area contributed by atoms with Gasteiger partial charge in [-0.15, -0.1) is 0 Å².